The van der Waals surface area contributed by atoms with Crippen LogP contribution in [0.2, 0.25) is 0 Å². The molecule has 0 amide bonds. The monoisotopic (exact) mass is 744 g/mol. The van der Waals surface area contributed by atoms with E-state index in [1.807, 2.05) is 0 Å². The second-order valence-electron chi connectivity index (χ2n) is 18.2. The van der Waals surface area contributed by atoms with Gasteiger partial charge in [0.1, 0.15) is 36.6 Å². The van der Waals surface area contributed by atoms with E-state index in [0.717, 1.165) is 25.7 Å². The molecule has 20 atom stereocenters. The smallest absolute Gasteiger partial charge is 0.187 e. The minimum absolute atomic E-state index is 0.0380. The van der Waals surface area contributed by atoms with Crippen molar-refractivity contribution in [2.75, 3.05) is 27.4 Å². The van der Waals surface area contributed by atoms with E-state index in [2.05, 4.69) is 34.6 Å². The average Bonchev–Trinajstić information content (AvgIpc) is 3.55. The molecule has 0 spiro atoms. The Morgan fingerprint density at radius 2 is 1.54 bits per heavy atom. The van der Waals surface area contributed by atoms with Crippen LogP contribution in [0.3, 0.4) is 0 Å². The second-order valence-corrected chi connectivity index (χ2v) is 18.2. The first-order valence-corrected chi connectivity index (χ1v) is 19.9. The molecular weight excluding hydrogens is 676 g/mol. The molecule has 2 aliphatic heterocycles. The van der Waals surface area contributed by atoms with E-state index in [0.29, 0.717) is 25.7 Å². The van der Waals surface area contributed by atoms with Crippen LogP contribution >= 0.6 is 0 Å². The topological polar surface area (TPSA) is 197 Å². The van der Waals surface area contributed by atoms with Crippen LogP contribution in [0, 0.1) is 46.3 Å². The van der Waals surface area contributed by atoms with Crippen molar-refractivity contribution in [3.8, 4) is 0 Å². The van der Waals surface area contributed by atoms with E-state index in [-0.39, 0.29) is 65.5 Å². The van der Waals surface area contributed by atoms with Gasteiger partial charge in [-0.25, -0.2) is 0 Å². The molecule has 0 radical (unpaired) electrons. The molecule has 6 aliphatic rings. The molecule has 7 N–H and O–H groups in total. The molecule has 2 saturated heterocycles. The first-order valence-electron chi connectivity index (χ1n) is 19.9. The van der Waals surface area contributed by atoms with Crippen LogP contribution in [0.5, 0.6) is 0 Å². The van der Waals surface area contributed by atoms with E-state index >= 15 is 0 Å². The van der Waals surface area contributed by atoms with Gasteiger partial charge in [0.15, 0.2) is 12.6 Å². The lowest BCUT2D eigenvalue weighted by Crippen LogP contribution is -2.68. The van der Waals surface area contributed by atoms with E-state index in [9.17, 15) is 35.7 Å². The molecule has 0 aromatic heterocycles. The Labute approximate surface area is 309 Å². The maximum absolute atomic E-state index is 12.7. The van der Waals surface area contributed by atoms with Crippen LogP contribution < -0.4 is 0 Å². The van der Waals surface area contributed by atoms with Crippen molar-refractivity contribution in [3.05, 3.63) is 0 Å². The van der Waals surface area contributed by atoms with Gasteiger partial charge in [-0.05, 0) is 91.8 Å². The predicted molar refractivity (Wildman–Crippen MR) is 188 cm³/mol. The van der Waals surface area contributed by atoms with Crippen LogP contribution in [-0.2, 0) is 28.4 Å². The van der Waals surface area contributed by atoms with E-state index < -0.39 is 79.7 Å². The Morgan fingerprint density at radius 1 is 0.827 bits per heavy atom. The largest absolute Gasteiger partial charge is 0.394 e. The average molecular weight is 745 g/mol. The number of ether oxygens (including phenoxy) is 6. The molecule has 302 valence electrons. The molecule has 52 heavy (non-hydrogen) atoms. The van der Waals surface area contributed by atoms with Gasteiger partial charge in [0.2, 0.25) is 0 Å². The first kappa shape index (κ1) is 41.1. The van der Waals surface area contributed by atoms with Crippen LogP contribution in [0.25, 0.3) is 0 Å². The zero-order valence-electron chi connectivity index (χ0n) is 32.3. The Morgan fingerprint density at radius 3 is 2.19 bits per heavy atom. The summed E-state index contributed by atoms with van der Waals surface area (Å²) in [6, 6.07) is 0. The fourth-order valence-corrected chi connectivity index (χ4v) is 12.4. The molecule has 11 unspecified atom stereocenters. The van der Waals surface area contributed by atoms with Crippen molar-refractivity contribution in [2.45, 2.75) is 172 Å². The fourth-order valence-electron chi connectivity index (χ4n) is 12.4. The number of hydrogen-bond acceptors (Lipinski definition) is 13. The zero-order chi connectivity index (χ0) is 37.9. The van der Waals surface area contributed by atoms with Crippen LogP contribution in [-0.4, -0.2) is 142 Å². The second kappa shape index (κ2) is 15.8. The highest BCUT2D eigenvalue weighted by atomic mass is 16.8. The van der Waals surface area contributed by atoms with E-state index in [4.69, 9.17) is 28.4 Å². The van der Waals surface area contributed by atoms with Crippen molar-refractivity contribution >= 4 is 0 Å². The van der Waals surface area contributed by atoms with E-state index in [1.165, 1.54) is 14.2 Å². The molecule has 13 heteroatoms. The van der Waals surface area contributed by atoms with Crippen molar-refractivity contribution in [1.29, 1.82) is 0 Å². The number of aliphatic hydroxyl groups excluding tert-OH is 6. The summed E-state index contributed by atoms with van der Waals surface area (Å²) in [5, 5.41) is 78.2. The third-order valence-electron chi connectivity index (χ3n) is 15.1. The van der Waals surface area contributed by atoms with Gasteiger partial charge >= 0.3 is 0 Å². The molecule has 13 nitrogen and oxygen atoms in total. The maximum Gasteiger partial charge on any atom is 0.187 e. The number of aliphatic hydroxyl groups is 7. The summed E-state index contributed by atoms with van der Waals surface area (Å²) < 4.78 is 35.4. The summed E-state index contributed by atoms with van der Waals surface area (Å²) in [7, 11) is 2.91. The van der Waals surface area contributed by atoms with Crippen molar-refractivity contribution in [1.82, 2.24) is 0 Å². The van der Waals surface area contributed by atoms with Crippen LogP contribution in [0.15, 0.2) is 0 Å². The Kier molecular flexibility index (Phi) is 12.5. The van der Waals surface area contributed by atoms with Gasteiger partial charge in [-0.3, -0.25) is 0 Å². The summed E-state index contributed by atoms with van der Waals surface area (Å²) in [6.45, 7) is 10.4. The number of fused-ring (bicyclic) bond motifs is 5. The van der Waals surface area contributed by atoms with Gasteiger partial charge in [0.25, 0.3) is 0 Å². The molecular formula is C39H68O13. The Balaban J connectivity index is 1.13. The third-order valence-corrected chi connectivity index (χ3v) is 15.1. The number of methoxy groups -OCH3 is 2. The summed E-state index contributed by atoms with van der Waals surface area (Å²) in [5.41, 5.74) is -1.78. The zero-order valence-corrected chi connectivity index (χ0v) is 32.3. The van der Waals surface area contributed by atoms with Crippen LogP contribution in [0.1, 0.15) is 92.4 Å². The van der Waals surface area contributed by atoms with Crippen molar-refractivity contribution in [2.24, 2.45) is 46.3 Å². The minimum atomic E-state index is -1.22. The molecule has 0 aromatic carbocycles. The van der Waals surface area contributed by atoms with Gasteiger partial charge in [0, 0.05) is 26.6 Å². The molecule has 4 aliphatic carbocycles. The number of hydrogen-bond donors (Lipinski definition) is 7. The summed E-state index contributed by atoms with van der Waals surface area (Å²) in [6.07, 6.45) is -3.85. The third kappa shape index (κ3) is 7.05. The molecule has 2 heterocycles. The first-order chi connectivity index (χ1) is 24.5. The fraction of sp³-hybridized carbons (Fsp3) is 1.00. The highest BCUT2D eigenvalue weighted by molar-refractivity contribution is 5.20. The van der Waals surface area contributed by atoms with Gasteiger partial charge in [0.05, 0.1) is 43.2 Å². The van der Waals surface area contributed by atoms with Crippen molar-refractivity contribution in [3.63, 3.8) is 0 Å². The lowest BCUT2D eigenvalue weighted by molar-refractivity contribution is -0.313. The normalized spacial score (nSPS) is 51.9. The quantitative estimate of drug-likeness (QED) is 0.153. The molecule has 0 bridgehead atoms. The van der Waals surface area contributed by atoms with Gasteiger partial charge < -0.3 is 64.2 Å². The Bertz CT molecular complexity index is 1190. The maximum atomic E-state index is 12.7. The van der Waals surface area contributed by atoms with Gasteiger partial charge in [-0.1, -0.05) is 34.6 Å². The molecule has 4 saturated carbocycles. The van der Waals surface area contributed by atoms with Crippen LogP contribution in [0.4, 0.5) is 0 Å². The Hall–Kier alpha value is -0.520. The van der Waals surface area contributed by atoms with Gasteiger partial charge in [-0.2, -0.15) is 0 Å². The summed E-state index contributed by atoms with van der Waals surface area (Å²) in [4.78, 5) is 0. The highest BCUT2D eigenvalue weighted by Gasteiger charge is 2.70. The molecule has 6 rings (SSSR count). The van der Waals surface area contributed by atoms with E-state index in [1.54, 1.807) is 0 Å². The standard InChI is InChI=1S/C39H68O13/c1-19(2)26(50-36-33(30(44)27(17-40)51-36)52-35-32(48-7)31(45)28(47-6)18-49-35)9-8-20(3)22-15-24(42)34-38(22,5)13-11-29-37(4)12-10-21(41)14-23(37)25(43)16-39(29,34)46/h19-36,40-46H,8-18H2,1-7H3/t20-,21+,22-,23?,24-,25+,26+,27?,28?,29?,30?,31?,32?,33?,34?,35?,36?,37+,38-,39+/m1/s1. The predicted octanol–water partition coefficient (Wildman–Crippen LogP) is 1.73. The lowest BCUT2D eigenvalue weighted by atomic mass is 9.42. The lowest BCUT2D eigenvalue weighted by Gasteiger charge is -2.66. The molecule has 0 aromatic rings. The van der Waals surface area contributed by atoms with Crippen molar-refractivity contribution < 1.29 is 64.2 Å². The van der Waals surface area contributed by atoms with Gasteiger partial charge in [-0.15, -0.1) is 0 Å². The summed E-state index contributed by atoms with van der Waals surface area (Å²) in [5.74, 6) is -0.0251. The highest BCUT2D eigenvalue weighted by Crippen LogP contribution is 2.69. The molecule has 6 fully saturated rings. The summed E-state index contributed by atoms with van der Waals surface area (Å²) >= 11 is 0. The SMILES string of the molecule is COC1COC(OC2C(O[C@@H](CC[C@@H](C)[C@H]3C[C@@H](O)C4[C@]5(O)C[C@H](O)C6C[C@@H](O)CC[C@]6(C)C5CC[C@@]43C)C(C)C)OC(CO)C2O)C(OC)C1O. The number of rotatable bonds is 12. The minimum Gasteiger partial charge on any atom is -0.394 e.